The van der Waals surface area contributed by atoms with Crippen LogP contribution in [-0.4, -0.2) is 13.1 Å². The molecule has 22 heavy (non-hydrogen) atoms. The summed E-state index contributed by atoms with van der Waals surface area (Å²) in [5, 5.41) is 0. The van der Waals surface area contributed by atoms with E-state index >= 15 is 0 Å². The number of hydrogen-bond acceptors (Lipinski definition) is 3. The lowest BCUT2D eigenvalue weighted by Gasteiger charge is -2.17. The predicted octanol–water partition coefficient (Wildman–Crippen LogP) is 4.69. The molecule has 0 N–H and O–H groups in total. The van der Waals surface area contributed by atoms with E-state index in [1.165, 1.54) is 7.11 Å². The summed E-state index contributed by atoms with van der Waals surface area (Å²) in [4.78, 5) is 11.5. The molecule has 0 aliphatic carbocycles. The molecular weight excluding hydrogens is 344 g/mol. The maximum absolute atomic E-state index is 11.5. The number of benzene rings is 2. The van der Waals surface area contributed by atoms with E-state index in [0.29, 0.717) is 13.0 Å². The third kappa shape index (κ3) is 4.60. The van der Waals surface area contributed by atoms with E-state index in [1.807, 2.05) is 55.5 Å². The van der Waals surface area contributed by atoms with Gasteiger partial charge in [-0.2, -0.15) is 0 Å². The van der Waals surface area contributed by atoms with Crippen LogP contribution in [-0.2, 0) is 16.1 Å². The van der Waals surface area contributed by atoms with Gasteiger partial charge in [-0.1, -0.05) is 53.2 Å². The second kappa shape index (κ2) is 7.99. The van der Waals surface area contributed by atoms with Gasteiger partial charge in [-0.05, 0) is 35.2 Å². The van der Waals surface area contributed by atoms with Crippen LogP contribution in [0.15, 0.2) is 53.0 Å². The van der Waals surface area contributed by atoms with Crippen LogP contribution in [0.4, 0.5) is 0 Å². The minimum absolute atomic E-state index is 0.0238. The van der Waals surface area contributed by atoms with Crippen LogP contribution in [0.25, 0.3) is 0 Å². The zero-order valence-electron chi connectivity index (χ0n) is 12.7. The first-order valence-electron chi connectivity index (χ1n) is 7.13. The number of halogens is 1. The highest BCUT2D eigenvalue weighted by Gasteiger charge is 2.16. The minimum Gasteiger partial charge on any atom is -0.489 e. The van der Waals surface area contributed by atoms with Gasteiger partial charge in [0.2, 0.25) is 0 Å². The van der Waals surface area contributed by atoms with E-state index in [0.717, 1.165) is 21.3 Å². The lowest BCUT2D eigenvalue weighted by atomic mass is 9.97. The number of methoxy groups -OCH3 is 1. The van der Waals surface area contributed by atoms with Crippen molar-refractivity contribution in [3.8, 4) is 5.75 Å². The highest BCUT2D eigenvalue weighted by Crippen LogP contribution is 2.32. The van der Waals surface area contributed by atoms with Crippen molar-refractivity contribution in [2.24, 2.45) is 0 Å². The summed E-state index contributed by atoms with van der Waals surface area (Å²) in [5.74, 6) is 0.598. The Morgan fingerprint density at radius 1 is 1.18 bits per heavy atom. The Balaban J connectivity index is 2.15. The fourth-order valence-electron chi connectivity index (χ4n) is 2.21. The highest BCUT2D eigenvalue weighted by atomic mass is 79.9. The van der Waals surface area contributed by atoms with Crippen LogP contribution >= 0.6 is 15.9 Å². The standard InChI is InChI=1S/C18H19BrO3/c1-13(10-18(20)21-2)16-11-15(19)8-9-17(16)22-12-14-6-4-3-5-7-14/h3-9,11,13H,10,12H2,1-2H3/t13-/m1/s1. The molecule has 116 valence electrons. The summed E-state index contributed by atoms with van der Waals surface area (Å²) in [7, 11) is 1.41. The molecule has 2 aromatic rings. The van der Waals surface area contributed by atoms with Gasteiger partial charge in [0, 0.05) is 4.47 Å². The lowest BCUT2D eigenvalue weighted by molar-refractivity contribution is -0.140. The van der Waals surface area contributed by atoms with E-state index in [1.54, 1.807) is 0 Å². The maximum atomic E-state index is 11.5. The molecular formula is C18H19BrO3. The average Bonchev–Trinajstić information content (AvgIpc) is 2.54. The largest absolute Gasteiger partial charge is 0.489 e. The first-order valence-corrected chi connectivity index (χ1v) is 7.92. The van der Waals surface area contributed by atoms with Gasteiger partial charge in [0.1, 0.15) is 12.4 Å². The SMILES string of the molecule is COC(=O)C[C@@H](C)c1cc(Br)ccc1OCc1ccccc1. The third-order valence-corrected chi connectivity index (χ3v) is 3.93. The molecule has 0 saturated carbocycles. The van der Waals surface area contributed by atoms with Crippen LogP contribution in [0.3, 0.4) is 0 Å². The number of carbonyl (C=O) groups excluding carboxylic acids is 1. The van der Waals surface area contributed by atoms with Crippen LogP contribution in [0, 0.1) is 0 Å². The number of carbonyl (C=O) groups is 1. The number of ether oxygens (including phenoxy) is 2. The maximum Gasteiger partial charge on any atom is 0.306 e. The zero-order valence-corrected chi connectivity index (χ0v) is 14.3. The van der Waals surface area contributed by atoms with Gasteiger partial charge in [0.15, 0.2) is 0 Å². The Morgan fingerprint density at radius 3 is 2.59 bits per heavy atom. The molecule has 4 heteroatoms. The first-order chi connectivity index (χ1) is 10.6. The Morgan fingerprint density at radius 2 is 1.91 bits per heavy atom. The van der Waals surface area contributed by atoms with E-state index in [4.69, 9.17) is 9.47 Å². The van der Waals surface area contributed by atoms with Crippen molar-refractivity contribution in [1.82, 2.24) is 0 Å². The quantitative estimate of drug-likeness (QED) is 0.699. The van der Waals surface area contributed by atoms with Gasteiger partial charge in [0.25, 0.3) is 0 Å². The fourth-order valence-corrected chi connectivity index (χ4v) is 2.59. The molecule has 0 fully saturated rings. The zero-order chi connectivity index (χ0) is 15.9. The smallest absolute Gasteiger partial charge is 0.306 e. The molecule has 0 unspecified atom stereocenters. The summed E-state index contributed by atoms with van der Waals surface area (Å²) in [6, 6.07) is 15.9. The topological polar surface area (TPSA) is 35.5 Å². The van der Waals surface area contributed by atoms with Crippen molar-refractivity contribution >= 4 is 21.9 Å². The van der Waals surface area contributed by atoms with E-state index < -0.39 is 0 Å². The van der Waals surface area contributed by atoms with Gasteiger partial charge >= 0.3 is 5.97 Å². The first kappa shape index (κ1) is 16.6. The number of hydrogen-bond donors (Lipinski definition) is 0. The molecule has 0 bridgehead atoms. The molecule has 0 saturated heterocycles. The van der Waals surface area contributed by atoms with Crippen molar-refractivity contribution in [2.45, 2.75) is 25.9 Å². The Hall–Kier alpha value is -1.81. The molecule has 1 atom stereocenters. The summed E-state index contributed by atoms with van der Waals surface area (Å²) in [6.07, 6.45) is 0.328. The fraction of sp³-hybridized carbons (Fsp3) is 0.278. The van der Waals surface area contributed by atoms with Crippen molar-refractivity contribution in [3.63, 3.8) is 0 Å². The highest BCUT2D eigenvalue weighted by molar-refractivity contribution is 9.10. The Bertz CT molecular complexity index is 625. The molecule has 2 aromatic carbocycles. The monoisotopic (exact) mass is 362 g/mol. The molecule has 3 nitrogen and oxygen atoms in total. The van der Waals surface area contributed by atoms with E-state index in [2.05, 4.69) is 15.9 Å². The molecule has 0 heterocycles. The molecule has 0 aromatic heterocycles. The minimum atomic E-state index is -0.221. The van der Waals surface area contributed by atoms with Crippen molar-refractivity contribution in [3.05, 3.63) is 64.1 Å². The van der Waals surface area contributed by atoms with Crippen molar-refractivity contribution in [1.29, 1.82) is 0 Å². The van der Waals surface area contributed by atoms with Gasteiger partial charge in [0.05, 0.1) is 13.5 Å². The summed E-state index contributed by atoms with van der Waals surface area (Å²) in [5.41, 5.74) is 2.10. The number of rotatable bonds is 6. The van der Waals surface area contributed by atoms with Crippen molar-refractivity contribution in [2.75, 3.05) is 7.11 Å². The Labute approximate surface area is 139 Å². The van der Waals surface area contributed by atoms with Crippen LogP contribution in [0.5, 0.6) is 5.75 Å². The summed E-state index contributed by atoms with van der Waals surface area (Å²) >= 11 is 3.47. The van der Waals surface area contributed by atoms with Crippen molar-refractivity contribution < 1.29 is 14.3 Å². The van der Waals surface area contributed by atoms with Gasteiger partial charge < -0.3 is 9.47 Å². The van der Waals surface area contributed by atoms with Crippen LogP contribution in [0.1, 0.15) is 30.4 Å². The van der Waals surface area contributed by atoms with Gasteiger partial charge in [-0.15, -0.1) is 0 Å². The van der Waals surface area contributed by atoms with Gasteiger partial charge in [-0.3, -0.25) is 4.79 Å². The van der Waals surface area contributed by atoms with Gasteiger partial charge in [-0.25, -0.2) is 0 Å². The normalized spacial score (nSPS) is 11.8. The summed E-state index contributed by atoms with van der Waals surface area (Å²) in [6.45, 7) is 2.49. The van der Waals surface area contributed by atoms with E-state index in [-0.39, 0.29) is 11.9 Å². The molecule has 0 aliphatic rings. The summed E-state index contributed by atoms with van der Waals surface area (Å²) < 4.78 is 11.7. The molecule has 0 amide bonds. The molecule has 0 radical (unpaired) electrons. The predicted molar refractivity (Wildman–Crippen MR) is 90.0 cm³/mol. The molecule has 2 rings (SSSR count). The average molecular weight is 363 g/mol. The second-order valence-corrected chi connectivity index (χ2v) is 6.05. The molecule has 0 aliphatic heterocycles. The van der Waals surface area contributed by atoms with E-state index in [9.17, 15) is 4.79 Å². The van der Waals surface area contributed by atoms with Crippen LogP contribution in [0.2, 0.25) is 0 Å². The second-order valence-electron chi connectivity index (χ2n) is 5.14. The number of esters is 1. The molecule has 0 spiro atoms. The van der Waals surface area contributed by atoms with Crippen LogP contribution < -0.4 is 4.74 Å². The Kier molecular flexibility index (Phi) is 6.01. The third-order valence-electron chi connectivity index (χ3n) is 3.44. The lowest BCUT2D eigenvalue weighted by Crippen LogP contribution is -2.08.